The first-order valence-electron chi connectivity index (χ1n) is 4.89. The van der Waals surface area contributed by atoms with Gasteiger partial charge in [0.1, 0.15) is 6.33 Å². The second-order valence-electron chi connectivity index (χ2n) is 3.80. The summed E-state index contributed by atoms with van der Waals surface area (Å²) >= 11 is 0. The molecule has 1 aromatic rings. The largest absolute Gasteiger partial charge is 0.381 e. The van der Waals surface area contributed by atoms with Crippen molar-refractivity contribution in [2.24, 2.45) is 12.8 Å². The molecule has 1 fully saturated rings. The first kappa shape index (κ1) is 10.3. The number of hydrogen-bond acceptors (Lipinski definition) is 5. The molecule has 0 unspecified atom stereocenters. The van der Waals surface area contributed by atoms with Gasteiger partial charge < -0.3 is 10.5 Å². The molecule has 0 spiro atoms. The predicted molar refractivity (Wildman–Crippen MR) is 52.3 cm³/mol. The molecule has 1 aromatic heterocycles. The second kappa shape index (κ2) is 3.71. The van der Waals surface area contributed by atoms with E-state index in [4.69, 9.17) is 10.5 Å². The minimum Gasteiger partial charge on any atom is -0.381 e. The SMILES string of the molecule is Cn1ncnc1C(=O)C1(N)CCOCC1. The zero-order valence-corrected chi connectivity index (χ0v) is 8.64. The Bertz CT molecular complexity index is 368. The molecule has 1 aliphatic rings. The maximum atomic E-state index is 12.1. The molecule has 1 saturated heterocycles. The number of rotatable bonds is 2. The van der Waals surface area contributed by atoms with E-state index in [0.29, 0.717) is 31.9 Å². The molecule has 0 saturated carbocycles. The Kier molecular flexibility index (Phi) is 2.54. The summed E-state index contributed by atoms with van der Waals surface area (Å²) in [6, 6.07) is 0. The van der Waals surface area contributed by atoms with Gasteiger partial charge in [-0.05, 0) is 12.8 Å². The fourth-order valence-corrected chi connectivity index (χ4v) is 1.69. The van der Waals surface area contributed by atoms with Crippen LogP contribution in [0.5, 0.6) is 0 Å². The van der Waals surface area contributed by atoms with Crippen LogP contribution in [0.4, 0.5) is 0 Å². The normalized spacial score (nSPS) is 20.1. The molecule has 1 aliphatic heterocycles. The van der Waals surface area contributed by atoms with Crippen LogP contribution in [0.25, 0.3) is 0 Å². The average molecular weight is 210 g/mol. The van der Waals surface area contributed by atoms with E-state index in [1.165, 1.54) is 11.0 Å². The van der Waals surface area contributed by atoms with Crippen LogP contribution in [-0.4, -0.2) is 39.3 Å². The summed E-state index contributed by atoms with van der Waals surface area (Å²) in [6.45, 7) is 1.06. The van der Waals surface area contributed by atoms with Crippen molar-refractivity contribution < 1.29 is 9.53 Å². The molecule has 2 N–H and O–H groups in total. The van der Waals surface area contributed by atoms with Gasteiger partial charge >= 0.3 is 0 Å². The minimum atomic E-state index is -0.834. The second-order valence-corrected chi connectivity index (χ2v) is 3.80. The predicted octanol–water partition coefficient (Wildman–Crippen LogP) is -0.494. The van der Waals surface area contributed by atoms with Crippen molar-refractivity contribution in [2.75, 3.05) is 13.2 Å². The summed E-state index contributed by atoms with van der Waals surface area (Å²) < 4.78 is 6.64. The highest BCUT2D eigenvalue weighted by molar-refractivity contribution is 6.00. The zero-order chi connectivity index (χ0) is 10.9. The summed E-state index contributed by atoms with van der Waals surface area (Å²) in [5.74, 6) is 0.171. The monoisotopic (exact) mass is 210 g/mol. The molecule has 2 rings (SSSR count). The number of nitrogens with two attached hydrogens (primary N) is 1. The maximum Gasteiger partial charge on any atom is 0.219 e. The van der Waals surface area contributed by atoms with Crippen LogP contribution >= 0.6 is 0 Å². The van der Waals surface area contributed by atoms with E-state index in [1.807, 2.05) is 0 Å². The van der Waals surface area contributed by atoms with Crippen molar-refractivity contribution in [3.8, 4) is 0 Å². The molecule has 0 bridgehead atoms. The highest BCUT2D eigenvalue weighted by Gasteiger charge is 2.38. The Balaban J connectivity index is 2.23. The molecule has 0 atom stereocenters. The number of ketones is 1. The summed E-state index contributed by atoms with van der Waals surface area (Å²) in [5.41, 5.74) is 5.22. The van der Waals surface area contributed by atoms with Crippen molar-refractivity contribution in [1.29, 1.82) is 0 Å². The Labute approximate surface area is 87.4 Å². The third kappa shape index (κ3) is 1.78. The standard InChI is InChI=1S/C9H14N4O2/c1-13-8(11-6-12-13)7(14)9(10)2-4-15-5-3-9/h6H,2-5,10H2,1H3. The fourth-order valence-electron chi connectivity index (χ4n) is 1.69. The van der Waals surface area contributed by atoms with Gasteiger partial charge in [0.15, 0.2) is 5.82 Å². The number of aromatic nitrogens is 3. The van der Waals surface area contributed by atoms with Crippen molar-refractivity contribution >= 4 is 5.78 Å². The summed E-state index contributed by atoms with van der Waals surface area (Å²) in [5, 5.41) is 3.86. The van der Waals surface area contributed by atoms with E-state index < -0.39 is 5.54 Å². The first-order valence-corrected chi connectivity index (χ1v) is 4.89. The molecule has 2 heterocycles. The van der Waals surface area contributed by atoms with E-state index in [0.717, 1.165) is 0 Å². The number of Topliss-reactive ketones (excluding diaryl/α,β-unsaturated/α-hetero) is 1. The summed E-state index contributed by atoms with van der Waals surface area (Å²) in [4.78, 5) is 16.0. The lowest BCUT2D eigenvalue weighted by atomic mass is 9.86. The van der Waals surface area contributed by atoms with Crippen LogP contribution in [0, 0.1) is 0 Å². The number of nitrogens with zero attached hydrogens (tertiary/aromatic N) is 3. The Morgan fingerprint density at radius 3 is 2.80 bits per heavy atom. The highest BCUT2D eigenvalue weighted by Crippen LogP contribution is 2.21. The van der Waals surface area contributed by atoms with E-state index >= 15 is 0 Å². The van der Waals surface area contributed by atoms with Crippen LogP contribution in [-0.2, 0) is 11.8 Å². The average Bonchev–Trinajstić information content (AvgIpc) is 2.64. The third-order valence-corrected chi connectivity index (χ3v) is 2.75. The number of ether oxygens (including phenoxy) is 1. The van der Waals surface area contributed by atoms with Crippen molar-refractivity contribution in [1.82, 2.24) is 14.8 Å². The van der Waals surface area contributed by atoms with Crippen LogP contribution in [0.2, 0.25) is 0 Å². The van der Waals surface area contributed by atoms with E-state index in [1.54, 1.807) is 7.05 Å². The van der Waals surface area contributed by atoms with Crippen molar-refractivity contribution in [2.45, 2.75) is 18.4 Å². The maximum absolute atomic E-state index is 12.1. The molecule has 6 heteroatoms. The molecule has 15 heavy (non-hydrogen) atoms. The number of aryl methyl sites for hydroxylation is 1. The van der Waals surface area contributed by atoms with Gasteiger partial charge in [-0.15, -0.1) is 0 Å². The van der Waals surface area contributed by atoms with Gasteiger partial charge in [-0.1, -0.05) is 0 Å². The topological polar surface area (TPSA) is 83.0 Å². The van der Waals surface area contributed by atoms with Gasteiger partial charge in [-0.25, -0.2) is 9.67 Å². The van der Waals surface area contributed by atoms with E-state index in [-0.39, 0.29) is 5.78 Å². The lowest BCUT2D eigenvalue weighted by Crippen LogP contribution is -2.52. The van der Waals surface area contributed by atoms with Gasteiger partial charge in [0, 0.05) is 20.3 Å². The molecule has 6 nitrogen and oxygen atoms in total. The zero-order valence-electron chi connectivity index (χ0n) is 8.64. The van der Waals surface area contributed by atoms with Gasteiger partial charge in [0.05, 0.1) is 5.54 Å². The van der Waals surface area contributed by atoms with Gasteiger partial charge in [0.25, 0.3) is 0 Å². The fraction of sp³-hybridized carbons (Fsp3) is 0.667. The van der Waals surface area contributed by atoms with Crippen LogP contribution < -0.4 is 5.73 Å². The molecule has 0 amide bonds. The molecule has 0 radical (unpaired) electrons. The minimum absolute atomic E-state index is 0.147. The highest BCUT2D eigenvalue weighted by atomic mass is 16.5. The molecule has 82 valence electrons. The number of carbonyl (C=O) groups is 1. The Morgan fingerprint density at radius 2 is 2.27 bits per heavy atom. The van der Waals surface area contributed by atoms with Gasteiger partial charge in [0.2, 0.25) is 5.78 Å². The van der Waals surface area contributed by atoms with E-state index in [9.17, 15) is 4.79 Å². The van der Waals surface area contributed by atoms with Crippen LogP contribution in [0.1, 0.15) is 23.5 Å². The van der Waals surface area contributed by atoms with E-state index in [2.05, 4.69) is 10.1 Å². The summed E-state index contributed by atoms with van der Waals surface area (Å²) in [6.07, 6.45) is 2.44. The number of carbonyl (C=O) groups excluding carboxylic acids is 1. The third-order valence-electron chi connectivity index (χ3n) is 2.75. The van der Waals surface area contributed by atoms with Crippen molar-refractivity contribution in [3.05, 3.63) is 12.2 Å². The molecule has 0 aromatic carbocycles. The quantitative estimate of drug-likeness (QED) is 0.666. The van der Waals surface area contributed by atoms with Crippen LogP contribution in [0.15, 0.2) is 6.33 Å². The lowest BCUT2D eigenvalue weighted by Gasteiger charge is -2.31. The molecular formula is C9H14N4O2. The smallest absolute Gasteiger partial charge is 0.219 e. The molecule has 0 aliphatic carbocycles. The van der Waals surface area contributed by atoms with Gasteiger partial charge in [-0.2, -0.15) is 5.10 Å². The Hall–Kier alpha value is -1.27. The Morgan fingerprint density at radius 1 is 1.60 bits per heavy atom. The van der Waals surface area contributed by atoms with Crippen LogP contribution in [0.3, 0.4) is 0 Å². The summed E-state index contributed by atoms with van der Waals surface area (Å²) in [7, 11) is 1.68. The molecular weight excluding hydrogens is 196 g/mol. The lowest BCUT2D eigenvalue weighted by molar-refractivity contribution is 0.0438. The van der Waals surface area contributed by atoms with Gasteiger partial charge in [-0.3, -0.25) is 4.79 Å². The van der Waals surface area contributed by atoms with Crippen molar-refractivity contribution in [3.63, 3.8) is 0 Å². The number of hydrogen-bond donors (Lipinski definition) is 1. The first-order chi connectivity index (χ1) is 7.13.